The number of benzene rings is 2. The topological polar surface area (TPSA) is 71.1 Å². The van der Waals surface area contributed by atoms with Crippen LogP contribution in [0.4, 0.5) is 0 Å². The summed E-state index contributed by atoms with van der Waals surface area (Å²) >= 11 is 0. The van der Waals surface area contributed by atoms with Gasteiger partial charge in [0.2, 0.25) is 9.84 Å². The minimum atomic E-state index is -3.59. The van der Waals surface area contributed by atoms with E-state index in [2.05, 4.69) is 0 Å². The first-order valence-electron chi connectivity index (χ1n) is 8.94. The maximum absolute atomic E-state index is 12.7. The Morgan fingerprint density at radius 2 is 1.00 bits per heavy atom. The lowest BCUT2D eigenvalue weighted by atomic mass is 10.3. The molecule has 0 spiro atoms. The summed E-state index contributed by atoms with van der Waals surface area (Å²) < 4.78 is 46.9. The molecule has 0 N–H and O–H groups in total. The summed E-state index contributed by atoms with van der Waals surface area (Å²) in [5, 5.41) is 0. The second kappa shape index (κ2) is 10.9. The molecule has 148 valence electrons. The van der Waals surface area contributed by atoms with Gasteiger partial charge in [0.25, 0.3) is 0 Å². The fourth-order valence-electron chi connectivity index (χ4n) is 2.29. The molecule has 0 aliphatic heterocycles. The van der Waals surface area contributed by atoms with Crippen molar-refractivity contribution >= 4 is 9.84 Å². The van der Waals surface area contributed by atoms with E-state index in [1.807, 2.05) is 13.8 Å². The number of hydrogen-bond acceptors (Lipinski definition) is 6. The lowest BCUT2D eigenvalue weighted by molar-refractivity contribution is 0.110. The molecule has 6 nitrogen and oxygen atoms in total. The molecule has 2 aromatic carbocycles. The second-order valence-corrected chi connectivity index (χ2v) is 7.49. The van der Waals surface area contributed by atoms with Gasteiger partial charge in [-0.05, 0) is 62.4 Å². The Morgan fingerprint density at radius 3 is 1.33 bits per heavy atom. The van der Waals surface area contributed by atoms with Crippen LogP contribution in [0.25, 0.3) is 0 Å². The molecular formula is C20H26O6S. The fraction of sp³-hybridized carbons (Fsp3) is 0.400. The molecular weight excluding hydrogens is 368 g/mol. The van der Waals surface area contributed by atoms with E-state index in [0.29, 0.717) is 51.1 Å². The van der Waals surface area contributed by atoms with Crippen molar-refractivity contribution in [3.63, 3.8) is 0 Å². The molecule has 0 aromatic heterocycles. The third kappa shape index (κ3) is 6.53. The minimum Gasteiger partial charge on any atom is -0.491 e. The van der Waals surface area contributed by atoms with Gasteiger partial charge < -0.3 is 18.9 Å². The molecule has 7 heteroatoms. The monoisotopic (exact) mass is 394 g/mol. The van der Waals surface area contributed by atoms with Gasteiger partial charge in [0.1, 0.15) is 24.7 Å². The SMILES string of the molecule is CCOCCOc1ccc(S(=O)(=O)c2ccc(OCCOCC)cc2)cc1. The zero-order chi connectivity index (χ0) is 19.5. The van der Waals surface area contributed by atoms with Crippen LogP contribution in [0.3, 0.4) is 0 Å². The van der Waals surface area contributed by atoms with E-state index < -0.39 is 9.84 Å². The van der Waals surface area contributed by atoms with E-state index >= 15 is 0 Å². The predicted octanol–water partition coefficient (Wildman–Crippen LogP) is 3.35. The Hall–Kier alpha value is -2.09. The van der Waals surface area contributed by atoms with Gasteiger partial charge in [-0.25, -0.2) is 8.42 Å². The van der Waals surface area contributed by atoms with E-state index in [0.717, 1.165) is 0 Å². The van der Waals surface area contributed by atoms with Crippen molar-refractivity contribution in [1.29, 1.82) is 0 Å². The van der Waals surface area contributed by atoms with Crippen molar-refractivity contribution in [2.45, 2.75) is 23.6 Å². The van der Waals surface area contributed by atoms with Gasteiger partial charge in [0.15, 0.2) is 0 Å². The van der Waals surface area contributed by atoms with Crippen LogP contribution in [-0.2, 0) is 19.3 Å². The first-order valence-corrected chi connectivity index (χ1v) is 10.4. The van der Waals surface area contributed by atoms with E-state index in [9.17, 15) is 8.42 Å². The maximum Gasteiger partial charge on any atom is 0.206 e. The highest BCUT2D eigenvalue weighted by Gasteiger charge is 2.17. The Balaban J connectivity index is 1.98. The average molecular weight is 394 g/mol. The Kier molecular flexibility index (Phi) is 8.57. The van der Waals surface area contributed by atoms with Crippen molar-refractivity contribution in [2.24, 2.45) is 0 Å². The number of hydrogen-bond donors (Lipinski definition) is 0. The first kappa shape index (κ1) is 21.2. The smallest absolute Gasteiger partial charge is 0.206 e. The summed E-state index contributed by atoms with van der Waals surface area (Å²) in [6.07, 6.45) is 0. The van der Waals surface area contributed by atoms with Crippen molar-refractivity contribution in [2.75, 3.05) is 39.6 Å². The minimum absolute atomic E-state index is 0.213. The highest BCUT2D eigenvalue weighted by molar-refractivity contribution is 7.91. The molecule has 0 atom stereocenters. The summed E-state index contributed by atoms with van der Waals surface area (Å²) in [4.78, 5) is 0.425. The summed E-state index contributed by atoms with van der Waals surface area (Å²) in [5.74, 6) is 1.21. The summed E-state index contributed by atoms with van der Waals surface area (Å²) in [6.45, 7) is 6.94. The van der Waals surface area contributed by atoms with Gasteiger partial charge in [0, 0.05) is 13.2 Å². The van der Waals surface area contributed by atoms with Crippen LogP contribution in [0.2, 0.25) is 0 Å². The molecule has 0 heterocycles. The lowest BCUT2D eigenvalue weighted by Crippen LogP contribution is -2.07. The quantitative estimate of drug-likeness (QED) is 0.514. The standard InChI is InChI=1S/C20H26O6S/c1-3-23-13-15-25-17-5-9-19(10-6-17)27(21,22)20-11-7-18(8-12-20)26-16-14-24-4-2/h5-12H,3-4,13-16H2,1-2H3. The summed E-state index contributed by atoms with van der Waals surface area (Å²) in [6, 6.07) is 12.7. The van der Waals surface area contributed by atoms with Gasteiger partial charge in [-0.1, -0.05) is 0 Å². The van der Waals surface area contributed by atoms with Gasteiger partial charge in [0.05, 0.1) is 23.0 Å². The van der Waals surface area contributed by atoms with Crippen LogP contribution in [-0.4, -0.2) is 48.1 Å². The number of sulfone groups is 1. The van der Waals surface area contributed by atoms with Crippen LogP contribution >= 0.6 is 0 Å². The molecule has 0 amide bonds. The molecule has 0 fully saturated rings. The molecule has 0 aliphatic rings. The van der Waals surface area contributed by atoms with E-state index in [-0.39, 0.29) is 9.79 Å². The summed E-state index contributed by atoms with van der Waals surface area (Å²) in [7, 11) is -3.59. The van der Waals surface area contributed by atoms with E-state index in [4.69, 9.17) is 18.9 Å². The van der Waals surface area contributed by atoms with Crippen molar-refractivity contribution in [1.82, 2.24) is 0 Å². The first-order chi connectivity index (χ1) is 13.1. The molecule has 0 aliphatic carbocycles. The average Bonchev–Trinajstić information content (AvgIpc) is 2.69. The van der Waals surface area contributed by atoms with Crippen LogP contribution in [0, 0.1) is 0 Å². The zero-order valence-corrected chi connectivity index (χ0v) is 16.5. The molecule has 0 bridgehead atoms. The van der Waals surface area contributed by atoms with Gasteiger partial charge in [-0.3, -0.25) is 0 Å². The molecule has 27 heavy (non-hydrogen) atoms. The van der Waals surface area contributed by atoms with E-state index in [1.165, 1.54) is 24.3 Å². The summed E-state index contributed by atoms with van der Waals surface area (Å²) in [5.41, 5.74) is 0. The Bertz CT molecular complexity index is 708. The molecule has 0 unspecified atom stereocenters. The number of rotatable bonds is 12. The van der Waals surface area contributed by atoms with Gasteiger partial charge in [-0.2, -0.15) is 0 Å². The molecule has 2 aromatic rings. The van der Waals surface area contributed by atoms with Crippen molar-refractivity contribution < 1.29 is 27.4 Å². The number of ether oxygens (including phenoxy) is 4. The van der Waals surface area contributed by atoms with Crippen molar-refractivity contribution in [3.05, 3.63) is 48.5 Å². The Morgan fingerprint density at radius 1 is 0.630 bits per heavy atom. The largest absolute Gasteiger partial charge is 0.491 e. The zero-order valence-electron chi connectivity index (χ0n) is 15.7. The van der Waals surface area contributed by atoms with E-state index in [1.54, 1.807) is 24.3 Å². The van der Waals surface area contributed by atoms with Gasteiger partial charge in [-0.15, -0.1) is 0 Å². The highest BCUT2D eigenvalue weighted by atomic mass is 32.2. The highest BCUT2D eigenvalue weighted by Crippen LogP contribution is 2.24. The normalized spacial score (nSPS) is 11.3. The molecule has 0 radical (unpaired) electrons. The predicted molar refractivity (Wildman–Crippen MR) is 102 cm³/mol. The third-order valence-corrected chi connectivity index (χ3v) is 5.45. The lowest BCUT2D eigenvalue weighted by Gasteiger charge is -2.09. The maximum atomic E-state index is 12.7. The van der Waals surface area contributed by atoms with Crippen LogP contribution in [0.15, 0.2) is 58.3 Å². The third-order valence-electron chi connectivity index (χ3n) is 3.67. The molecule has 0 saturated heterocycles. The van der Waals surface area contributed by atoms with Crippen LogP contribution in [0.1, 0.15) is 13.8 Å². The molecule has 2 rings (SSSR count). The van der Waals surface area contributed by atoms with Crippen molar-refractivity contribution in [3.8, 4) is 11.5 Å². The molecule has 0 saturated carbocycles. The van der Waals surface area contributed by atoms with Gasteiger partial charge >= 0.3 is 0 Å². The fourth-order valence-corrected chi connectivity index (χ4v) is 3.55. The van der Waals surface area contributed by atoms with Crippen LogP contribution < -0.4 is 9.47 Å². The van der Waals surface area contributed by atoms with Crippen LogP contribution in [0.5, 0.6) is 11.5 Å². The Labute approximate surface area is 160 Å². The second-order valence-electron chi connectivity index (χ2n) is 5.54.